The highest BCUT2D eigenvalue weighted by atomic mass is 19.1. The predicted octanol–water partition coefficient (Wildman–Crippen LogP) is 3.13. The summed E-state index contributed by atoms with van der Waals surface area (Å²) in [6.45, 7) is 1.97. The Balaban J connectivity index is 1.44. The van der Waals surface area contributed by atoms with E-state index in [2.05, 4.69) is 10.6 Å². The zero-order chi connectivity index (χ0) is 16.4. The SMILES string of the molecule is C[C@H](NC(=O)NCC(=O)c1ccc(F)cc1)[C@@H]1C[C@H]2CC[C@H]1C2. The highest BCUT2D eigenvalue weighted by Gasteiger charge is 2.42. The average Bonchev–Trinajstić information content (AvgIpc) is 3.16. The molecular formula is C18H23FN2O2. The van der Waals surface area contributed by atoms with Crippen molar-refractivity contribution in [2.75, 3.05) is 6.54 Å². The quantitative estimate of drug-likeness (QED) is 0.820. The molecule has 4 atom stereocenters. The minimum atomic E-state index is -0.382. The van der Waals surface area contributed by atoms with Crippen molar-refractivity contribution in [1.29, 1.82) is 0 Å². The molecule has 0 unspecified atom stereocenters. The van der Waals surface area contributed by atoms with Crippen molar-refractivity contribution in [3.8, 4) is 0 Å². The van der Waals surface area contributed by atoms with Crippen molar-refractivity contribution in [3.05, 3.63) is 35.6 Å². The van der Waals surface area contributed by atoms with E-state index in [1.807, 2.05) is 6.92 Å². The van der Waals surface area contributed by atoms with Crippen LogP contribution in [-0.4, -0.2) is 24.4 Å². The molecule has 2 saturated carbocycles. The fourth-order valence-corrected chi connectivity index (χ4v) is 4.17. The largest absolute Gasteiger partial charge is 0.335 e. The second kappa shape index (κ2) is 6.69. The van der Waals surface area contributed by atoms with Gasteiger partial charge in [-0.1, -0.05) is 6.42 Å². The molecule has 2 aliphatic rings. The lowest BCUT2D eigenvalue weighted by Crippen LogP contribution is -2.46. The monoisotopic (exact) mass is 318 g/mol. The highest BCUT2D eigenvalue weighted by molar-refractivity contribution is 5.99. The Bertz CT molecular complexity index is 587. The number of hydrogen-bond acceptors (Lipinski definition) is 2. The lowest BCUT2D eigenvalue weighted by atomic mass is 9.84. The van der Waals surface area contributed by atoms with Crippen LogP contribution in [0.1, 0.15) is 43.0 Å². The van der Waals surface area contributed by atoms with Crippen LogP contribution in [0, 0.1) is 23.6 Å². The maximum atomic E-state index is 12.8. The number of carbonyl (C=O) groups excluding carboxylic acids is 2. The van der Waals surface area contributed by atoms with Gasteiger partial charge in [-0.25, -0.2) is 9.18 Å². The lowest BCUT2D eigenvalue weighted by Gasteiger charge is -2.28. The number of urea groups is 1. The molecule has 0 radical (unpaired) electrons. The van der Waals surface area contributed by atoms with E-state index < -0.39 is 0 Å². The Hall–Kier alpha value is -1.91. The molecule has 0 aliphatic heterocycles. The topological polar surface area (TPSA) is 58.2 Å². The number of benzene rings is 1. The molecule has 124 valence electrons. The molecule has 5 heteroatoms. The highest BCUT2D eigenvalue weighted by Crippen LogP contribution is 2.49. The molecule has 2 fully saturated rings. The fourth-order valence-electron chi connectivity index (χ4n) is 4.17. The van der Waals surface area contributed by atoms with Gasteiger partial charge in [-0.2, -0.15) is 0 Å². The molecule has 0 heterocycles. The number of ketones is 1. The van der Waals surface area contributed by atoms with Crippen molar-refractivity contribution in [2.24, 2.45) is 17.8 Å². The van der Waals surface area contributed by atoms with Crippen LogP contribution in [-0.2, 0) is 0 Å². The number of hydrogen-bond donors (Lipinski definition) is 2. The van der Waals surface area contributed by atoms with E-state index in [4.69, 9.17) is 0 Å². The Labute approximate surface area is 135 Å². The molecule has 2 bridgehead atoms. The summed E-state index contributed by atoms with van der Waals surface area (Å²) in [4.78, 5) is 23.9. The van der Waals surface area contributed by atoms with Crippen LogP contribution in [0.3, 0.4) is 0 Å². The molecule has 4 nitrogen and oxygen atoms in total. The van der Waals surface area contributed by atoms with Crippen molar-refractivity contribution >= 4 is 11.8 Å². The van der Waals surface area contributed by atoms with Crippen LogP contribution in [0.5, 0.6) is 0 Å². The van der Waals surface area contributed by atoms with Gasteiger partial charge in [-0.3, -0.25) is 4.79 Å². The average molecular weight is 318 g/mol. The first-order valence-electron chi connectivity index (χ1n) is 8.36. The molecule has 0 aromatic heterocycles. The number of Topliss-reactive ketones (excluding diaryl/α,β-unsaturated/α-hetero) is 1. The number of nitrogens with one attached hydrogen (secondary N) is 2. The van der Waals surface area contributed by atoms with Gasteiger partial charge in [0.1, 0.15) is 5.82 Å². The fraction of sp³-hybridized carbons (Fsp3) is 0.556. The third kappa shape index (κ3) is 3.71. The van der Waals surface area contributed by atoms with Crippen LogP contribution in [0.2, 0.25) is 0 Å². The summed E-state index contributed by atoms with van der Waals surface area (Å²) in [7, 11) is 0. The third-order valence-corrected chi connectivity index (χ3v) is 5.37. The molecule has 2 aliphatic carbocycles. The molecular weight excluding hydrogens is 295 g/mol. The zero-order valence-electron chi connectivity index (χ0n) is 13.3. The zero-order valence-corrected chi connectivity index (χ0v) is 13.3. The van der Waals surface area contributed by atoms with Gasteiger partial charge >= 0.3 is 6.03 Å². The summed E-state index contributed by atoms with van der Waals surface area (Å²) < 4.78 is 12.8. The van der Waals surface area contributed by atoms with Crippen molar-refractivity contribution in [3.63, 3.8) is 0 Å². The Morgan fingerprint density at radius 3 is 2.57 bits per heavy atom. The van der Waals surface area contributed by atoms with Crippen LogP contribution in [0.15, 0.2) is 24.3 Å². The minimum Gasteiger partial charge on any atom is -0.335 e. The van der Waals surface area contributed by atoms with Crippen LogP contribution >= 0.6 is 0 Å². The van der Waals surface area contributed by atoms with Crippen molar-refractivity contribution in [1.82, 2.24) is 10.6 Å². The van der Waals surface area contributed by atoms with Gasteiger partial charge in [0.25, 0.3) is 0 Å². The predicted molar refractivity (Wildman–Crippen MR) is 85.7 cm³/mol. The number of halogens is 1. The van der Waals surface area contributed by atoms with E-state index in [1.165, 1.54) is 49.9 Å². The van der Waals surface area contributed by atoms with Crippen molar-refractivity contribution < 1.29 is 14.0 Å². The van der Waals surface area contributed by atoms with Crippen LogP contribution in [0.4, 0.5) is 9.18 Å². The smallest absolute Gasteiger partial charge is 0.315 e. The summed E-state index contributed by atoms with van der Waals surface area (Å²) in [5.41, 5.74) is 0.396. The summed E-state index contributed by atoms with van der Waals surface area (Å²) in [6.07, 6.45) is 5.14. The van der Waals surface area contributed by atoms with Gasteiger partial charge in [0.2, 0.25) is 0 Å². The van der Waals surface area contributed by atoms with E-state index in [1.54, 1.807) is 0 Å². The molecule has 0 spiro atoms. The Morgan fingerprint density at radius 1 is 1.22 bits per heavy atom. The minimum absolute atomic E-state index is 0.0824. The van der Waals surface area contributed by atoms with Gasteiger partial charge in [0.05, 0.1) is 6.54 Å². The number of rotatable bonds is 5. The van der Waals surface area contributed by atoms with Gasteiger partial charge in [0.15, 0.2) is 5.78 Å². The Morgan fingerprint density at radius 2 is 1.96 bits per heavy atom. The summed E-state index contributed by atoms with van der Waals surface area (Å²) in [5.74, 6) is 1.54. The third-order valence-electron chi connectivity index (χ3n) is 5.37. The second-order valence-electron chi connectivity index (χ2n) is 6.88. The Kier molecular flexibility index (Phi) is 4.64. The summed E-state index contributed by atoms with van der Waals surface area (Å²) >= 11 is 0. The molecule has 2 amide bonds. The van der Waals surface area contributed by atoms with Crippen molar-refractivity contribution in [2.45, 2.75) is 38.6 Å². The van der Waals surface area contributed by atoms with E-state index in [0.29, 0.717) is 11.5 Å². The maximum Gasteiger partial charge on any atom is 0.315 e. The van der Waals surface area contributed by atoms with Gasteiger partial charge in [0, 0.05) is 11.6 Å². The molecule has 0 saturated heterocycles. The van der Waals surface area contributed by atoms with E-state index in [-0.39, 0.29) is 30.2 Å². The second-order valence-corrected chi connectivity index (χ2v) is 6.88. The summed E-state index contributed by atoms with van der Waals surface area (Å²) in [6, 6.07) is 5.15. The van der Waals surface area contributed by atoms with Crippen LogP contribution < -0.4 is 10.6 Å². The first-order valence-corrected chi connectivity index (χ1v) is 8.36. The number of carbonyl (C=O) groups is 2. The van der Waals surface area contributed by atoms with Gasteiger partial charge in [-0.05, 0) is 68.2 Å². The number of fused-ring (bicyclic) bond motifs is 2. The molecule has 1 aromatic rings. The first kappa shape index (κ1) is 16.0. The van der Waals surface area contributed by atoms with E-state index in [0.717, 1.165) is 11.8 Å². The van der Waals surface area contributed by atoms with Gasteiger partial charge < -0.3 is 10.6 Å². The molecule has 1 aromatic carbocycles. The maximum absolute atomic E-state index is 12.8. The molecule has 23 heavy (non-hydrogen) atoms. The lowest BCUT2D eigenvalue weighted by molar-refractivity contribution is 0.0991. The normalized spacial score (nSPS) is 26.8. The summed E-state index contributed by atoms with van der Waals surface area (Å²) in [5, 5.41) is 5.56. The molecule has 3 rings (SSSR count). The number of amides is 2. The van der Waals surface area contributed by atoms with Crippen LogP contribution in [0.25, 0.3) is 0 Å². The van der Waals surface area contributed by atoms with Gasteiger partial charge in [-0.15, -0.1) is 0 Å². The molecule has 2 N–H and O–H groups in total. The van der Waals surface area contributed by atoms with E-state index >= 15 is 0 Å². The standard InChI is InChI=1S/C18H23FN2O2/c1-11(16-9-12-2-3-14(16)8-12)21-18(23)20-10-17(22)13-4-6-15(19)7-5-13/h4-7,11-12,14,16H,2-3,8-10H2,1H3,(H2,20,21,23)/t11-,12-,14-,16-/m0/s1. The first-order chi connectivity index (χ1) is 11.0. The van der Waals surface area contributed by atoms with E-state index in [9.17, 15) is 14.0 Å².